The van der Waals surface area contributed by atoms with Crippen LogP contribution in [-0.2, 0) is 38.5 Å². The summed E-state index contributed by atoms with van der Waals surface area (Å²) in [7, 11) is -4.16. The average molecular weight is 723 g/mol. The fourth-order valence-corrected chi connectivity index (χ4v) is 6.38. The van der Waals surface area contributed by atoms with Crippen molar-refractivity contribution in [2.75, 3.05) is 54.8 Å². The minimum absolute atomic E-state index is 0.0710. The quantitative estimate of drug-likeness (QED) is 0.201. The molecule has 0 spiro atoms. The fraction of sp³-hybridized carbons (Fsp3) is 0.613. The van der Waals surface area contributed by atoms with Crippen molar-refractivity contribution in [3.63, 3.8) is 0 Å². The summed E-state index contributed by atoms with van der Waals surface area (Å²) in [5.74, 6) is -2.53. The fourth-order valence-electron chi connectivity index (χ4n) is 6.02. The van der Waals surface area contributed by atoms with Crippen LogP contribution >= 0.6 is 0 Å². The molecule has 2 saturated heterocycles. The number of aromatic nitrogens is 2. The van der Waals surface area contributed by atoms with Gasteiger partial charge in [-0.1, -0.05) is 12.1 Å². The van der Waals surface area contributed by atoms with Gasteiger partial charge in [0.25, 0.3) is 10.1 Å². The minimum Gasteiger partial charge on any atom is -0.356 e. The van der Waals surface area contributed by atoms with Crippen LogP contribution in [-0.4, -0.2) is 79.8 Å². The molecule has 2 aromatic rings. The van der Waals surface area contributed by atoms with Gasteiger partial charge in [0.15, 0.2) is 0 Å². The smallest absolute Gasteiger partial charge is 0.356 e. The predicted molar refractivity (Wildman–Crippen MR) is 168 cm³/mol. The Morgan fingerprint density at radius 2 is 1.53 bits per heavy atom. The molecule has 1 aromatic heterocycles. The molecule has 49 heavy (non-hydrogen) atoms. The monoisotopic (exact) mass is 722 g/mol. The first-order chi connectivity index (χ1) is 23.0. The van der Waals surface area contributed by atoms with Gasteiger partial charge in [0, 0.05) is 51.8 Å². The van der Waals surface area contributed by atoms with Gasteiger partial charge in [-0.25, -0.2) is 9.97 Å². The van der Waals surface area contributed by atoms with Gasteiger partial charge in [-0.05, 0) is 68.6 Å². The van der Waals surface area contributed by atoms with E-state index in [-0.39, 0.29) is 55.4 Å². The van der Waals surface area contributed by atoms with Crippen LogP contribution in [0.15, 0.2) is 30.3 Å². The molecule has 0 radical (unpaired) electrons. The number of hydrogen-bond acceptors (Lipinski definition) is 8. The molecule has 0 aliphatic carbocycles. The lowest BCUT2D eigenvalue weighted by Crippen LogP contribution is -2.44. The Bertz CT molecular complexity index is 1530. The zero-order chi connectivity index (χ0) is 35.8. The predicted octanol–water partition coefficient (Wildman–Crippen LogP) is 4.48. The minimum atomic E-state index is -4.80. The van der Waals surface area contributed by atoms with Crippen molar-refractivity contribution in [2.24, 2.45) is 11.8 Å². The summed E-state index contributed by atoms with van der Waals surface area (Å²) < 4.78 is 110. The molecule has 2 aliphatic heterocycles. The molecule has 1 aromatic carbocycles. The summed E-state index contributed by atoms with van der Waals surface area (Å²) in [5, 5.41) is 5.23. The molecule has 1 atom stereocenters. The highest BCUT2D eigenvalue weighted by molar-refractivity contribution is 7.85. The van der Waals surface area contributed by atoms with E-state index in [1.54, 1.807) is 9.80 Å². The number of hydrogen-bond donors (Lipinski definition) is 3. The summed E-state index contributed by atoms with van der Waals surface area (Å²) in [5.41, 5.74) is -0.141. The number of alkyl halides is 6. The van der Waals surface area contributed by atoms with Crippen LogP contribution in [0.25, 0.3) is 0 Å². The maximum Gasteiger partial charge on any atom is 0.451 e. The van der Waals surface area contributed by atoms with Crippen molar-refractivity contribution in [3.05, 3.63) is 47.3 Å². The van der Waals surface area contributed by atoms with Gasteiger partial charge in [-0.3, -0.25) is 14.1 Å². The lowest BCUT2D eigenvalue weighted by molar-refractivity contribution is -0.145. The van der Waals surface area contributed by atoms with Crippen LogP contribution in [0.4, 0.5) is 38.0 Å². The molecule has 2 amide bonds. The number of nitrogens with one attached hydrogen (secondary N) is 2. The summed E-state index contributed by atoms with van der Waals surface area (Å²) in [6.07, 6.45) is -5.07. The summed E-state index contributed by atoms with van der Waals surface area (Å²) in [6.45, 7) is 1.44. The Labute approximate surface area is 280 Å². The third-order valence-corrected chi connectivity index (χ3v) is 9.42. The molecule has 0 saturated carbocycles. The van der Waals surface area contributed by atoms with Crippen molar-refractivity contribution in [1.29, 1.82) is 0 Å². The van der Waals surface area contributed by atoms with Gasteiger partial charge in [0.2, 0.25) is 17.6 Å². The van der Waals surface area contributed by atoms with Crippen molar-refractivity contribution in [3.8, 4) is 0 Å². The van der Waals surface area contributed by atoms with Crippen molar-refractivity contribution in [2.45, 2.75) is 63.7 Å². The summed E-state index contributed by atoms with van der Waals surface area (Å²) >= 11 is 0. The van der Waals surface area contributed by atoms with Gasteiger partial charge >= 0.3 is 12.4 Å². The van der Waals surface area contributed by atoms with Crippen molar-refractivity contribution >= 4 is 33.6 Å². The first-order valence-corrected chi connectivity index (χ1v) is 17.7. The molecule has 3 heterocycles. The van der Waals surface area contributed by atoms with E-state index in [9.17, 15) is 44.3 Å². The maximum absolute atomic E-state index is 13.9. The topological polar surface area (TPSA) is 145 Å². The van der Waals surface area contributed by atoms with Crippen LogP contribution in [0.2, 0.25) is 0 Å². The normalized spacial score (nSPS) is 18.0. The second-order valence-electron chi connectivity index (χ2n) is 12.4. The molecule has 18 heteroatoms. The van der Waals surface area contributed by atoms with E-state index in [1.807, 2.05) is 0 Å². The number of anilines is 2. The van der Waals surface area contributed by atoms with Crippen LogP contribution in [0, 0.1) is 11.8 Å². The molecule has 2 fully saturated rings. The lowest BCUT2D eigenvalue weighted by atomic mass is 9.91. The highest BCUT2D eigenvalue weighted by Gasteiger charge is 2.37. The average Bonchev–Trinajstić information content (AvgIpc) is 3.04. The van der Waals surface area contributed by atoms with Gasteiger partial charge in [0.1, 0.15) is 11.6 Å². The second-order valence-corrected chi connectivity index (χ2v) is 14.0. The Kier molecular flexibility index (Phi) is 12.7. The van der Waals surface area contributed by atoms with Gasteiger partial charge in [-0.2, -0.15) is 34.8 Å². The molecule has 272 valence electrons. The zero-order valence-corrected chi connectivity index (χ0v) is 27.5. The summed E-state index contributed by atoms with van der Waals surface area (Å²) in [4.78, 5) is 35.9. The number of carbonyl (C=O) groups is 2. The Balaban J connectivity index is 1.30. The van der Waals surface area contributed by atoms with E-state index in [0.29, 0.717) is 70.1 Å². The molecular weight excluding hydrogens is 682 g/mol. The van der Waals surface area contributed by atoms with Crippen LogP contribution in [0.3, 0.4) is 0 Å². The van der Waals surface area contributed by atoms with Crippen LogP contribution in [0.1, 0.15) is 61.9 Å². The van der Waals surface area contributed by atoms with Crippen molar-refractivity contribution < 1.29 is 48.9 Å². The van der Waals surface area contributed by atoms with Gasteiger partial charge < -0.3 is 20.4 Å². The van der Waals surface area contributed by atoms with Gasteiger partial charge in [0.05, 0.1) is 17.2 Å². The number of carbonyl (C=O) groups excluding carboxylic acids is 2. The standard InChI is InChI=1S/C31H40F6N6O5S/c32-30(33,34)24-8-6-22(7-9-24)10-13-39-28(45)23-4-2-15-43(20-23)26-19-25(40-29(41-26)31(35,36)37)42-16-11-21(12-17-42)3-1-5-27(44)38-14-18-49(46,47)48/h6-9,19,21,23H,1-5,10-18,20H2,(H,38,44)(H,39,45)(H,46,47,48)/t23-/m1/s1. The van der Waals surface area contributed by atoms with E-state index in [0.717, 1.165) is 12.1 Å². The van der Waals surface area contributed by atoms with E-state index in [1.165, 1.54) is 18.2 Å². The third kappa shape index (κ3) is 12.0. The summed E-state index contributed by atoms with van der Waals surface area (Å²) in [6, 6.07) is 6.19. The van der Waals surface area contributed by atoms with Crippen LogP contribution in [0.5, 0.6) is 0 Å². The molecule has 11 nitrogen and oxygen atoms in total. The number of benzene rings is 1. The molecule has 4 rings (SSSR count). The number of rotatable bonds is 13. The Morgan fingerprint density at radius 3 is 2.14 bits per heavy atom. The highest BCUT2D eigenvalue weighted by atomic mass is 32.2. The SMILES string of the molecule is O=C(CCCC1CCN(c2cc(N3CCC[C@@H](C(=O)NCCc4ccc(C(F)(F)F)cc4)C3)nc(C(F)(F)F)n2)CC1)NCCS(=O)(=O)O. The molecule has 2 aliphatic rings. The molecular formula is C31H40F6N6O5S. The Morgan fingerprint density at radius 1 is 0.878 bits per heavy atom. The molecule has 3 N–H and O–H groups in total. The van der Waals surface area contributed by atoms with Gasteiger partial charge in [-0.15, -0.1) is 0 Å². The third-order valence-electron chi connectivity index (χ3n) is 8.70. The van der Waals surface area contributed by atoms with E-state index >= 15 is 0 Å². The number of nitrogens with zero attached hydrogens (tertiary/aromatic N) is 4. The highest BCUT2D eigenvalue weighted by Crippen LogP contribution is 2.34. The zero-order valence-electron chi connectivity index (χ0n) is 26.7. The first-order valence-electron chi connectivity index (χ1n) is 16.1. The number of amides is 2. The Hall–Kier alpha value is -3.67. The van der Waals surface area contributed by atoms with Crippen molar-refractivity contribution in [1.82, 2.24) is 20.6 Å². The first kappa shape index (κ1) is 38.1. The largest absolute Gasteiger partial charge is 0.451 e. The van der Waals surface area contributed by atoms with E-state index < -0.39 is 45.5 Å². The molecule has 0 bridgehead atoms. The maximum atomic E-state index is 13.9. The molecule has 0 unspecified atom stereocenters. The second kappa shape index (κ2) is 16.4. The number of piperidine rings is 2. The van der Waals surface area contributed by atoms with E-state index in [2.05, 4.69) is 20.6 Å². The lowest BCUT2D eigenvalue weighted by Gasteiger charge is -2.35. The van der Waals surface area contributed by atoms with Crippen LogP contribution < -0.4 is 20.4 Å². The number of halogens is 6. The van der Waals surface area contributed by atoms with E-state index in [4.69, 9.17) is 4.55 Å².